The minimum absolute atomic E-state index is 0.0378. The van der Waals surface area contributed by atoms with Gasteiger partial charge in [0, 0.05) is 28.2 Å². The second-order valence-corrected chi connectivity index (χ2v) is 7.09. The number of carbonyl (C=O) groups excluding carboxylic acids is 2. The molecule has 0 radical (unpaired) electrons. The van der Waals surface area contributed by atoms with Crippen molar-refractivity contribution in [2.45, 2.75) is 34.1 Å². The molecular weight excluding hydrogens is 340 g/mol. The van der Waals surface area contributed by atoms with Gasteiger partial charge in [-0.25, -0.2) is 0 Å². The van der Waals surface area contributed by atoms with E-state index in [2.05, 4.69) is 10.6 Å². The predicted octanol–water partition coefficient (Wildman–Crippen LogP) is 4.83. The van der Waals surface area contributed by atoms with Crippen molar-refractivity contribution in [3.05, 3.63) is 59.4 Å². The third-order valence-electron chi connectivity index (χ3n) is 4.65. The molecule has 27 heavy (non-hydrogen) atoms. The molecule has 0 atom stereocenters. The van der Waals surface area contributed by atoms with Crippen LogP contribution in [-0.4, -0.2) is 11.8 Å². The number of amides is 2. The summed E-state index contributed by atoms with van der Waals surface area (Å²) in [5, 5.41) is 6.68. The monoisotopic (exact) mass is 364 g/mol. The van der Waals surface area contributed by atoms with Crippen molar-refractivity contribution in [3.8, 4) is 0 Å². The molecule has 0 fully saturated rings. The number of nitrogens with one attached hydrogen (secondary N) is 2. The van der Waals surface area contributed by atoms with Gasteiger partial charge in [0.25, 0.3) is 0 Å². The summed E-state index contributed by atoms with van der Waals surface area (Å²) in [5.41, 5.74) is 5.35. The first-order chi connectivity index (χ1) is 12.8. The minimum atomic E-state index is -0.116. The van der Waals surface area contributed by atoms with Crippen LogP contribution in [0.5, 0.6) is 0 Å². The highest BCUT2D eigenvalue weighted by Crippen LogP contribution is 2.27. The molecule has 1 heterocycles. The van der Waals surface area contributed by atoms with Crippen LogP contribution in [0.15, 0.2) is 47.1 Å². The number of carbonyl (C=O) groups is 2. The van der Waals surface area contributed by atoms with Crippen LogP contribution < -0.4 is 10.6 Å². The number of anilines is 2. The van der Waals surface area contributed by atoms with Gasteiger partial charge in [0.15, 0.2) is 0 Å². The second kappa shape index (κ2) is 7.66. The lowest BCUT2D eigenvalue weighted by Crippen LogP contribution is -2.18. The van der Waals surface area contributed by atoms with Crippen LogP contribution in [0.25, 0.3) is 11.0 Å². The second-order valence-electron chi connectivity index (χ2n) is 7.09. The van der Waals surface area contributed by atoms with Gasteiger partial charge < -0.3 is 15.1 Å². The molecule has 0 saturated carbocycles. The zero-order chi connectivity index (χ0) is 19.6. The summed E-state index contributed by atoms with van der Waals surface area (Å²) in [7, 11) is 0. The number of hydrogen-bond acceptors (Lipinski definition) is 3. The summed E-state index contributed by atoms with van der Waals surface area (Å²) < 4.78 is 5.66. The van der Waals surface area contributed by atoms with Gasteiger partial charge >= 0.3 is 0 Å². The van der Waals surface area contributed by atoms with Gasteiger partial charge in [-0.05, 0) is 49.2 Å². The van der Waals surface area contributed by atoms with Crippen molar-refractivity contribution in [1.29, 1.82) is 0 Å². The molecule has 0 aliphatic rings. The normalized spacial score (nSPS) is 11.0. The summed E-state index contributed by atoms with van der Waals surface area (Å²) in [6, 6.07) is 11.1. The molecular formula is C22H24N2O3. The molecule has 0 saturated heterocycles. The highest BCUT2D eigenvalue weighted by atomic mass is 16.3. The molecule has 0 aliphatic carbocycles. The number of fused-ring (bicyclic) bond motifs is 1. The van der Waals surface area contributed by atoms with Crippen LogP contribution in [0.4, 0.5) is 11.4 Å². The van der Waals surface area contributed by atoms with E-state index in [0.717, 1.165) is 27.7 Å². The van der Waals surface area contributed by atoms with E-state index in [4.69, 9.17) is 4.42 Å². The zero-order valence-corrected chi connectivity index (χ0v) is 16.1. The quantitative estimate of drug-likeness (QED) is 0.681. The Bertz CT molecular complexity index is 985. The number of hydrogen-bond donors (Lipinski definition) is 2. The highest BCUT2D eigenvalue weighted by Gasteiger charge is 2.13. The Kier molecular flexibility index (Phi) is 5.31. The molecule has 3 rings (SSSR count). The maximum absolute atomic E-state index is 12.4. The van der Waals surface area contributed by atoms with Gasteiger partial charge in [0.2, 0.25) is 11.8 Å². The molecule has 0 spiro atoms. The van der Waals surface area contributed by atoms with Gasteiger partial charge in [0.1, 0.15) is 5.58 Å². The van der Waals surface area contributed by atoms with Crippen LogP contribution >= 0.6 is 0 Å². The number of aryl methyl sites for hydroxylation is 2. The first-order valence-corrected chi connectivity index (χ1v) is 9.02. The Hall–Kier alpha value is -3.08. The molecule has 1 aromatic heterocycles. The smallest absolute Gasteiger partial charge is 0.228 e. The average Bonchev–Trinajstić information content (AvgIpc) is 3.03. The Morgan fingerprint density at radius 1 is 0.963 bits per heavy atom. The first-order valence-electron chi connectivity index (χ1n) is 9.02. The molecule has 5 heteroatoms. The Morgan fingerprint density at radius 3 is 2.22 bits per heavy atom. The topological polar surface area (TPSA) is 71.3 Å². The summed E-state index contributed by atoms with van der Waals surface area (Å²) in [6.07, 6.45) is 1.89. The fraction of sp³-hybridized carbons (Fsp3) is 0.273. The van der Waals surface area contributed by atoms with Crippen LogP contribution in [0.1, 0.15) is 30.5 Å². The lowest BCUT2D eigenvalue weighted by atomic mass is 10.0. The summed E-state index contributed by atoms with van der Waals surface area (Å²) in [4.78, 5) is 24.1. The molecule has 0 bridgehead atoms. The fourth-order valence-corrected chi connectivity index (χ4v) is 2.83. The molecule has 2 amide bonds. The number of furan rings is 1. The van der Waals surface area contributed by atoms with Crippen molar-refractivity contribution in [1.82, 2.24) is 0 Å². The number of rotatable bonds is 5. The third kappa shape index (κ3) is 4.19. The largest absolute Gasteiger partial charge is 0.464 e. The lowest BCUT2D eigenvalue weighted by Gasteiger charge is -2.09. The molecule has 0 unspecified atom stereocenters. The SMILES string of the molecule is Cc1ccc2c(CC(=O)Nc3ccc(NC(=O)C(C)C)cc3)coc2c1C. The van der Waals surface area contributed by atoms with Crippen molar-refractivity contribution >= 4 is 34.2 Å². The minimum Gasteiger partial charge on any atom is -0.464 e. The van der Waals surface area contributed by atoms with E-state index in [9.17, 15) is 9.59 Å². The van der Waals surface area contributed by atoms with Gasteiger partial charge in [-0.1, -0.05) is 26.0 Å². The van der Waals surface area contributed by atoms with E-state index in [1.54, 1.807) is 30.5 Å². The van der Waals surface area contributed by atoms with E-state index in [1.807, 2.05) is 39.8 Å². The summed E-state index contributed by atoms with van der Waals surface area (Å²) >= 11 is 0. The van der Waals surface area contributed by atoms with Gasteiger partial charge in [-0.15, -0.1) is 0 Å². The maximum Gasteiger partial charge on any atom is 0.228 e. The van der Waals surface area contributed by atoms with Crippen LogP contribution in [-0.2, 0) is 16.0 Å². The Balaban J connectivity index is 1.66. The van der Waals surface area contributed by atoms with Crippen molar-refractivity contribution in [3.63, 3.8) is 0 Å². The molecule has 5 nitrogen and oxygen atoms in total. The van der Waals surface area contributed by atoms with Gasteiger partial charge in [-0.3, -0.25) is 9.59 Å². The maximum atomic E-state index is 12.4. The predicted molar refractivity (Wildman–Crippen MR) is 108 cm³/mol. The fourth-order valence-electron chi connectivity index (χ4n) is 2.83. The van der Waals surface area contributed by atoms with Crippen LogP contribution in [0, 0.1) is 19.8 Å². The van der Waals surface area contributed by atoms with Crippen molar-refractivity contribution < 1.29 is 14.0 Å². The van der Waals surface area contributed by atoms with Crippen molar-refractivity contribution in [2.24, 2.45) is 5.92 Å². The van der Waals surface area contributed by atoms with E-state index in [-0.39, 0.29) is 24.2 Å². The average molecular weight is 364 g/mol. The zero-order valence-electron chi connectivity index (χ0n) is 16.1. The summed E-state index contributed by atoms with van der Waals surface area (Å²) in [5.74, 6) is -0.236. The molecule has 140 valence electrons. The van der Waals surface area contributed by atoms with Crippen molar-refractivity contribution in [2.75, 3.05) is 10.6 Å². The Labute approximate surface area is 158 Å². The number of benzene rings is 2. The highest BCUT2D eigenvalue weighted by molar-refractivity contribution is 5.96. The van der Waals surface area contributed by atoms with E-state index >= 15 is 0 Å². The Morgan fingerprint density at radius 2 is 1.59 bits per heavy atom. The molecule has 2 aromatic carbocycles. The van der Waals surface area contributed by atoms with E-state index in [0.29, 0.717) is 11.4 Å². The molecule has 2 N–H and O–H groups in total. The lowest BCUT2D eigenvalue weighted by molar-refractivity contribution is -0.119. The standard InChI is InChI=1S/C22H24N2O3/c1-13(2)22(26)24-18-8-6-17(7-9-18)23-20(25)11-16-12-27-21-15(4)14(3)5-10-19(16)21/h5-10,12-13H,11H2,1-4H3,(H,23,25)(H,24,26). The van der Waals surface area contributed by atoms with E-state index in [1.165, 1.54) is 0 Å². The van der Waals surface area contributed by atoms with Crippen LogP contribution in [0.3, 0.4) is 0 Å². The van der Waals surface area contributed by atoms with Crippen LogP contribution in [0.2, 0.25) is 0 Å². The van der Waals surface area contributed by atoms with E-state index < -0.39 is 0 Å². The third-order valence-corrected chi connectivity index (χ3v) is 4.65. The van der Waals surface area contributed by atoms with Gasteiger partial charge in [0.05, 0.1) is 12.7 Å². The molecule has 3 aromatic rings. The molecule has 0 aliphatic heterocycles. The first kappa shape index (κ1) is 18.7. The van der Waals surface area contributed by atoms with Gasteiger partial charge in [-0.2, -0.15) is 0 Å². The summed E-state index contributed by atoms with van der Waals surface area (Å²) in [6.45, 7) is 7.74.